The molecule has 2 aliphatic heterocycles. The van der Waals surface area contributed by atoms with E-state index >= 15 is 0 Å². The average molecular weight is 428 g/mol. The summed E-state index contributed by atoms with van der Waals surface area (Å²) in [4.78, 5) is 26.2. The second kappa shape index (κ2) is 10.6. The van der Waals surface area contributed by atoms with Gasteiger partial charge in [-0.15, -0.1) is 0 Å². The van der Waals surface area contributed by atoms with Crippen LogP contribution in [0.1, 0.15) is 19.3 Å². The fourth-order valence-electron chi connectivity index (χ4n) is 4.15. The smallest absolute Gasteiger partial charge is 0.224 e. The number of nitrogens with zero attached hydrogens (tertiary/aromatic N) is 4. The van der Waals surface area contributed by atoms with Crippen LogP contribution < -0.4 is 10.2 Å². The molecular formula is C23H30FN5O2. The van der Waals surface area contributed by atoms with Crippen LogP contribution in [-0.4, -0.2) is 73.3 Å². The van der Waals surface area contributed by atoms with Crippen molar-refractivity contribution in [1.82, 2.24) is 20.2 Å². The molecule has 31 heavy (non-hydrogen) atoms. The molecule has 1 aromatic carbocycles. The Balaban J connectivity index is 1.29. The third-order valence-corrected chi connectivity index (χ3v) is 5.91. The number of piperidine rings is 1. The summed E-state index contributed by atoms with van der Waals surface area (Å²) in [5.74, 6) is 1.17. The summed E-state index contributed by atoms with van der Waals surface area (Å²) in [5.41, 5.74) is 0.773. The standard InChI is InChI=1S/C23H30FN5O2/c24-20-6-4-18(5-7-20)22-25-10-8-21(27-22)29-12-1-3-19(17-29)23(30)26-9-2-11-28-13-15-31-16-14-28/h4-8,10,19H,1-3,9,11-17H2,(H,26,30). The van der Waals surface area contributed by atoms with Gasteiger partial charge in [0.15, 0.2) is 5.82 Å². The van der Waals surface area contributed by atoms with Crippen LogP contribution in [-0.2, 0) is 9.53 Å². The van der Waals surface area contributed by atoms with Crippen LogP contribution >= 0.6 is 0 Å². The van der Waals surface area contributed by atoms with Crippen molar-refractivity contribution in [2.75, 3.05) is 57.4 Å². The molecule has 0 aliphatic carbocycles. The Bertz CT molecular complexity index is 857. The van der Waals surface area contributed by atoms with Gasteiger partial charge in [0.1, 0.15) is 11.6 Å². The van der Waals surface area contributed by atoms with Gasteiger partial charge in [-0.25, -0.2) is 14.4 Å². The zero-order valence-electron chi connectivity index (χ0n) is 17.8. The number of ether oxygens (including phenoxy) is 1. The lowest BCUT2D eigenvalue weighted by molar-refractivity contribution is -0.125. The number of benzene rings is 1. The molecule has 166 valence electrons. The molecule has 7 nitrogen and oxygen atoms in total. The minimum absolute atomic E-state index is 0.0404. The summed E-state index contributed by atoms with van der Waals surface area (Å²) in [6.07, 6.45) is 4.51. The van der Waals surface area contributed by atoms with Gasteiger partial charge in [-0.1, -0.05) is 0 Å². The third kappa shape index (κ3) is 5.98. The van der Waals surface area contributed by atoms with Gasteiger partial charge in [0, 0.05) is 44.5 Å². The summed E-state index contributed by atoms with van der Waals surface area (Å²) in [6.45, 7) is 6.76. The summed E-state index contributed by atoms with van der Waals surface area (Å²) >= 11 is 0. The first-order valence-electron chi connectivity index (χ1n) is 11.1. The van der Waals surface area contributed by atoms with Crippen molar-refractivity contribution in [1.29, 1.82) is 0 Å². The van der Waals surface area contributed by atoms with E-state index in [4.69, 9.17) is 4.74 Å². The van der Waals surface area contributed by atoms with Crippen molar-refractivity contribution < 1.29 is 13.9 Å². The van der Waals surface area contributed by atoms with Crippen molar-refractivity contribution in [2.24, 2.45) is 5.92 Å². The lowest BCUT2D eigenvalue weighted by Gasteiger charge is -2.33. The number of aromatic nitrogens is 2. The number of hydrogen-bond acceptors (Lipinski definition) is 6. The second-order valence-electron chi connectivity index (χ2n) is 8.13. The van der Waals surface area contributed by atoms with Crippen LogP contribution in [0.5, 0.6) is 0 Å². The predicted molar refractivity (Wildman–Crippen MR) is 117 cm³/mol. The molecule has 1 N–H and O–H groups in total. The van der Waals surface area contributed by atoms with E-state index in [1.54, 1.807) is 18.3 Å². The Kier molecular flexibility index (Phi) is 7.43. The van der Waals surface area contributed by atoms with Crippen molar-refractivity contribution in [2.45, 2.75) is 19.3 Å². The molecule has 2 aliphatic rings. The summed E-state index contributed by atoms with van der Waals surface area (Å²) < 4.78 is 18.6. The lowest BCUT2D eigenvalue weighted by atomic mass is 9.97. The van der Waals surface area contributed by atoms with Crippen LogP contribution in [0.4, 0.5) is 10.2 Å². The minimum atomic E-state index is -0.283. The zero-order chi connectivity index (χ0) is 21.5. The van der Waals surface area contributed by atoms with Gasteiger partial charge in [0.05, 0.1) is 19.1 Å². The van der Waals surface area contributed by atoms with E-state index in [9.17, 15) is 9.18 Å². The molecule has 3 heterocycles. The molecule has 4 rings (SSSR count). The number of anilines is 1. The molecular weight excluding hydrogens is 397 g/mol. The zero-order valence-corrected chi connectivity index (χ0v) is 17.8. The molecule has 0 radical (unpaired) electrons. The number of halogens is 1. The number of nitrogens with one attached hydrogen (secondary N) is 1. The molecule has 1 atom stereocenters. The topological polar surface area (TPSA) is 70.6 Å². The molecule has 1 unspecified atom stereocenters. The highest BCUT2D eigenvalue weighted by atomic mass is 19.1. The van der Waals surface area contributed by atoms with E-state index in [1.807, 2.05) is 6.07 Å². The monoisotopic (exact) mass is 427 g/mol. The van der Waals surface area contributed by atoms with Gasteiger partial charge in [0.2, 0.25) is 5.91 Å². The van der Waals surface area contributed by atoms with Gasteiger partial charge in [-0.3, -0.25) is 9.69 Å². The van der Waals surface area contributed by atoms with Crippen LogP contribution in [0.3, 0.4) is 0 Å². The highest BCUT2D eigenvalue weighted by Gasteiger charge is 2.26. The SMILES string of the molecule is O=C(NCCCN1CCOCC1)C1CCCN(c2ccnc(-c3ccc(F)cc3)n2)C1. The van der Waals surface area contributed by atoms with Gasteiger partial charge >= 0.3 is 0 Å². The van der Waals surface area contributed by atoms with Crippen LogP contribution in [0, 0.1) is 11.7 Å². The Morgan fingerprint density at radius 3 is 2.77 bits per heavy atom. The van der Waals surface area contributed by atoms with Gasteiger partial charge in [-0.2, -0.15) is 0 Å². The molecule has 2 saturated heterocycles. The third-order valence-electron chi connectivity index (χ3n) is 5.91. The Morgan fingerprint density at radius 1 is 1.16 bits per heavy atom. The molecule has 0 saturated carbocycles. The highest BCUT2D eigenvalue weighted by Crippen LogP contribution is 2.24. The number of morpholine rings is 1. The van der Waals surface area contributed by atoms with E-state index in [-0.39, 0.29) is 17.6 Å². The first-order chi connectivity index (χ1) is 15.2. The number of amides is 1. The Hall–Kier alpha value is -2.58. The minimum Gasteiger partial charge on any atom is -0.379 e. The molecule has 2 fully saturated rings. The maximum Gasteiger partial charge on any atom is 0.224 e. The van der Waals surface area contributed by atoms with Gasteiger partial charge in [-0.05, 0) is 56.1 Å². The van der Waals surface area contributed by atoms with Crippen LogP contribution in [0.15, 0.2) is 36.5 Å². The first-order valence-corrected chi connectivity index (χ1v) is 11.1. The molecule has 0 bridgehead atoms. The van der Waals surface area contributed by atoms with Crippen molar-refractivity contribution in [3.8, 4) is 11.4 Å². The molecule has 8 heteroatoms. The van der Waals surface area contributed by atoms with E-state index in [0.717, 1.165) is 70.0 Å². The normalized spacial score (nSPS) is 19.9. The van der Waals surface area contributed by atoms with E-state index < -0.39 is 0 Å². The Morgan fingerprint density at radius 2 is 1.97 bits per heavy atom. The number of carbonyl (C=O) groups excluding carboxylic acids is 1. The highest BCUT2D eigenvalue weighted by molar-refractivity contribution is 5.79. The maximum absolute atomic E-state index is 13.2. The van der Waals surface area contributed by atoms with Gasteiger partial charge in [0.25, 0.3) is 0 Å². The number of rotatable bonds is 7. The van der Waals surface area contributed by atoms with Crippen LogP contribution in [0.25, 0.3) is 11.4 Å². The Labute approximate surface area is 182 Å². The summed E-state index contributed by atoms with van der Waals surface area (Å²) in [6, 6.07) is 8.04. The van der Waals surface area contributed by atoms with Crippen molar-refractivity contribution in [3.63, 3.8) is 0 Å². The first kappa shape index (κ1) is 21.6. The molecule has 0 spiro atoms. The number of carbonyl (C=O) groups is 1. The molecule has 2 aromatic rings. The maximum atomic E-state index is 13.2. The number of hydrogen-bond donors (Lipinski definition) is 1. The lowest BCUT2D eigenvalue weighted by Crippen LogP contribution is -2.44. The van der Waals surface area contributed by atoms with Crippen molar-refractivity contribution >= 4 is 11.7 Å². The fraction of sp³-hybridized carbons (Fsp3) is 0.522. The van der Waals surface area contributed by atoms with Crippen molar-refractivity contribution in [3.05, 3.63) is 42.3 Å². The summed E-state index contributed by atoms with van der Waals surface area (Å²) in [5, 5.41) is 3.11. The van der Waals surface area contributed by atoms with Gasteiger partial charge < -0.3 is 15.0 Å². The van der Waals surface area contributed by atoms with Crippen LogP contribution in [0.2, 0.25) is 0 Å². The largest absolute Gasteiger partial charge is 0.379 e. The second-order valence-corrected chi connectivity index (χ2v) is 8.13. The van der Waals surface area contributed by atoms with E-state index in [0.29, 0.717) is 18.9 Å². The van der Waals surface area contributed by atoms with E-state index in [2.05, 4.69) is 25.1 Å². The predicted octanol–water partition coefficient (Wildman–Crippen LogP) is 2.34. The van der Waals surface area contributed by atoms with E-state index in [1.165, 1.54) is 12.1 Å². The fourth-order valence-corrected chi connectivity index (χ4v) is 4.15. The quantitative estimate of drug-likeness (QED) is 0.684. The average Bonchev–Trinajstić information content (AvgIpc) is 2.83. The summed E-state index contributed by atoms with van der Waals surface area (Å²) in [7, 11) is 0. The molecule has 1 amide bonds. The molecule has 1 aromatic heterocycles.